The molecule has 0 aliphatic heterocycles. The van der Waals surface area contributed by atoms with Gasteiger partial charge in [0.05, 0.1) is 56.9 Å². The van der Waals surface area contributed by atoms with Crippen LogP contribution in [-0.4, -0.2) is 105 Å². The number of rotatable bonds is 23. The lowest BCUT2D eigenvalue weighted by molar-refractivity contribution is -0.121. The summed E-state index contributed by atoms with van der Waals surface area (Å²) >= 11 is 0. The number of pyridine rings is 1. The molecule has 4 aromatic heterocycles. The molecule has 0 spiro atoms. The number of H-pyrrole nitrogens is 1. The van der Waals surface area contributed by atoms with Crippen LogP contribution in [0.2, 0.25) is 0 Å². The van der Waals surface area contributed by atoms with Crippen molar-refractivity contribution < 1.29 is 33.3 Å². The number of carbonyl (C=O) groups excluding carboxylic acids is 2. The van der Waals surface area contributed by atoms with Gasteiger partial charge in [-0.05, 0) is 44.2 Å². The number of hydrogen-bond acceptors (Lipinski definition) is 13. The van der Waals surface area contributed by atoms with Crippen LogP contribution in [0.5, 0.6) is 6.01 Å². The molecule has 4 N–H and O–H groups in total. The topological polar surface area (TPSA) is 213 Å². The number of Topliss-reactive ketones (excluding diaryl/α,β-unsaturated/α-hetero) is 1. The largest absolute Gasteiger partial charge is 0.463 e. The zero-order valence-electron chi connectivity index (χ0n) is 35.2. The quantitative estimate of drug-likeness (QED) is 0.0517. The fourth-order valence-electron chi connectivity index (χ4n) is 6.25. The molecule has 4 heterocycles. The number of aromatic amines is 1. The van der Waals surface area contributed by atoms with Crippen LogP contribution in [0.4, 0.5) is 11.6 Å². The zero-order valence-corrected chi connectivity index (χ0v) is 35.2. The average Bonchev–Trinajstić information content (AvgIpc) is 3.80. The second kappa shape index (κ2) is 23.1. The molecule has 0 bridgehead atoms. The van der Waals surface area contributed by atoms with Crippen molar-refractivity contribution in [3.05, 3.63) is 76.5 Å². The molecule has 0 saturated heterocycles. The Morgan fingerprint density at radius 3 is 2.30 bits per heavy atom. The van der Waals surface area contributed by atoms with Crippen LogP contribution in [0.25, 0.3) is 33.1 Å². The first-order valence-corrected chi connectivity index (χ1v) is 20.5. The number of aromatic nitrogens is 7. The molecule has 0 atom stereocenters. The van der Waals surface area contributed by atoms with Gasteiger partial charge in [0.25, 0.3) is 5.91 Å². The Balaban J connectivity index is 0.000000232. The van der Waals surface area contributed by atoms with E-state index in [0.29, 0.717) is 99.7 Å². The van der Waals surface area contributed by atoms with Gasteiger partial charge in [-0.2, -0.15) is 9.97 Å². The minimum atomic E-state index is -0.344. The van der Waals surface area contributed by atoms with Gasteiger partial charge in [-0.25, -0.2) is 14.8 Å². The Bertz CT molecular complexity index is 2350. The van der Waals surface area contributed by atoms with Crippen molar-refractivity contribution in [1.82, 2.24) is 34.1 Å². The monoisotopic (exact) mass is 827 g/mol. The molecule has 0 unspecified atom stereocenters. The van der Waals surface area contributed by atoms with Crippen LogP contribution < -0.4 is 21.5 Å². The molecular formula is C43H57N9O8. The first kappa shape index (κ1) is 45.3. The standard InChI is InChI=1S/C23H31N5O5.C20H26N4O3/c1-3-11-33-22-26-20(24)19-21(27-22)28(23(30)25-19)15-16-7-9-17(10-8-16)18(29)6-5-12-32-14-13-31-4-2;1-4-26-9-10-27-12-17(25)23-20-18-19(24(13-21-18)11-14(2)3)15-7-5-6-8-16(15)22-20/h7-10H,3-6,11-15H2,1-2H3,(H,25,30)(H2,24,26,27);5-8,13-14H,4,9-12H2,1-3H3,(H,22,23,25). The number of carbonyl (C=O) groups is 2. The lowest BCUT2D eigenvalue weighted by Crippen LogP contribution is -2.20. The lowest BCUT2D eigenvalue weighted by Gasteiger charge is -2.11. The molecule has 2 aromatic carbocycles. The van der Waals surface area contributed by atoms with E-state index in [1.165, 1.54) is 4.57 Å². The van der Waals surface area contributed by atoms with E-state index in [1.54, 1.807) is 12.1 Å². The van der Waals surface area contributed by atoms with Crippen LogP contribution in [0.3, 0.4) is 0 Å². The van der Waals surface area contributed by atoms with E-state index < -0.39 is 0 Å². The maximum Gasteiger partial charge on any atom is 0.328 e. The third kappa shape index (κ3) is 12.6. The third-order valence-corrected chi connectivity index (χ3v) is 9.03. The summed E-state index contributed by atoms with van der Waals surface area (Å²) in [6.07, 6.45) is 3.67. The number of para-hydroxylation sites is 1. The lowest BCUT2D eigenvalue weighted by atomic mass is 10.0. The first-order chi connectivity index (χ1) is 29.1. The molecule has 17 heteroatoms. The number of benzene rings is 2. The minimum Gasteiger partial charge on any atom is -0.463 e. The molecule has 0 saturated carbocycles. The van der Waals surface area contributed by atoms with Crippen LogP contribution in [0.15, 0.2) is 59.7 Å². The summed E-state index contributed by atoms with van der Waals surface area (Å²) in [5.41, 5.74) is 10.4. The number of nitrogens with two attached hydrogens (primary N) is 1. The summed E-state index contributed by atoms with van der Waals surface area (Å²) in [6, 6.07) is 15.2. The number of ketones is 1. The average molecular weight is 828 g/mol. The van der Waals surface area contributed by atoms with Gasteiger partial charge in [-0.1, -0.05) is 63.2 Å². The number of hydrogen-bond donors (Lipinski definition) is 3. The van der Waals surface area contributed by atoms with Crippen molar-refractivity contribution in [2.45, 2.75) is 67.0 Å². The van der Waals surface area contributed by atoms with E-state index in [-0.39, 0.29) is 42.4 Å². The van der Waals surface area contributed by atoms with Crippen LogP contribution in [-0.2, 0) is 36.8 Å². The van der Waals surface area contributed by atoms with Crippen molar-refractivity contribution >= 4 is 56.4 Å². The highest BCUT2D eigenvalue weighted by atomic mass is 16.5. The SMILES string of the molecule is CCCOc1nc(N)c2[nH]c(=O)n(Cc3ccc(C(=O)CCCOCCOCC)cc3)c2n1.CCOCCOCC(=O)Nc1nc2ccccc2c2c1ncn2CC(C)C. The molecule has 17 nitrogen and oxygen atoms in total. The van der Waals surface area contributed by atoms with Gasteiger partial charge >= 0.3 is 11.7 Å². The van der Waals surface area contributed by atoms with Crippen molar-refractivity contribution in [3.63, 3.8) is 0 Å². The Morgan fingerprint density at radius 1 is 0.867 bits per heavy atom. The van der Waals surface area contributed by atoms with E-state index in [0.717, 1.165) is 34.9 Å². The van der Waals surface area contributed by atoms with Crippen LogP contribution >= 0.6 is 0 Å². The summed E-state index contributed by atoms with van der Waals surface area (Å²) in [5, 5.41) is 3.87. The Morgan fingerprint density at radius 2 is 1.58 bits per heavy atom. The maximum atomic E-state index is 12.5. The fraction of sp³-hybridized carbons (Fsp3) is 0.465. The number of imidazole rings is 2. The predicted octanol–water partition coefficient (Wildman–Crippen LogP) is 5.79. The highest BCUT2D eigenvalue weighted by molar-refractivity contribution is 6.09. The van der Waals surface area contributed by atoms with E-state index in [4.69, 9.17) is 29.4 Å². The van der Waals surface area contributed by atoms with Crippen molar-refractivity contribution in [3.8, 4) is 6.01 Å². The molecule has 6 rings (SSSR count). The van der Waals surface area contributed by atoms with Gasteiger partial charge in [0.2, 0.25) is 0 Å². The van der Waals surface area contributed by atoms with Crippen LogP contribution in [0.1, 0.15) is 69.8 Å². The molecule has 0 fully saturated rings. The number of anilines is 2. The number of nitrogen functional groups attached to an aromatic ring is 1. The van der Waals surface area contributed by atoms with Gasteiger partial charge in [0, 0.05) is 43.7 Å². The van der Waals surface area contributed by atoms with E-state index in [9.17, 15) is 14.4 Å². The van der Waals surface area contributed by atoms with Gasteiger partial charge in [0.15, 0.2) is 23.1 Å². The maximum absolute atomic E-state index is 12.5. The summed E-state index contributed by atoms with van der Waals surface area (Å²) in [5.74, 6) is 0.895. The highest BCUT2D eigenvalue weighted by Gasteiger charge is 2.18. The number of nitrogens with zero attached hydrogens (tertiary/aromatic N) is 6. The Hall–Kier alpha value is -5.75. The molecule has 322 valence electrons. The second-order valence-electron chi connectivity index (χ2n) is 14.3. The number of nitrogens with one attached hydrogen (secondary N) is 2. The minimum absolute atomic E-state index is 0.0459. The van der Waals surface area contributed by atoms with Gasteiger partial charge in [-0.15, -0.1) is 0 Å². The first-order valence-electron chi connectivity index (χ1n) is 20.5. The van der Waals surface area contributed by atoms with Gasteiger partial charge in [0.1, 0.15) is 17.6 Å². The number of ether oxygens (including phenoxy) is 5. The molecule has 60 heavy (non-hydrogen) atoms. The second-order valence-corrected chi connectivity index (χ2v) is 14.3. The van der Waals surface area contributed by atoms with E-state index >= 15 is 0 Å². The highest BCUT2D eigenvalue weighted by Crippen LogP contribution is 2.29. The fourth-order valence-corrected chi connectivity index (χ4v) is 6.25. The van der Waals surface area contributed by atoms with Crippen molar-refractivity contribution in [1.29, 1.82) is 0 Å². The molecule has 0 aliphatic carbocycles. The summed E-state index contributed by atoms with van der Waals surface area (Å²) in [7, 11) is 0. The zero-order chi connectivity index (χ0) is 42.9. The van der Waals surface area contributed by atoms with Crippen molar-refractivity contribution in [2.24, 2.45) is 5.92 Å². The van der Waals surface area contributed by atoms with Crippen LogP contribution in [0, 0.1) is 5.92 Å². The molecule has 0 radical (unpaired) electrons. The molecule has 1 amide bonds. The van der Waals surface area contributed by atoms with E-state index in [1.807, 2.05) is 63.5 Å². The normalized spacial score (nSPS) is 11.4. The summed E-state index contributed by atoms with van der Waals surface area (Å²) in [4.78, 5) is 57.4. The van der Waals surface area contributed by atoms with Gasteiger partial charge < -0.3 is 44.3 Å². The Kier molecular flexibility index (Phi) is 17.5. The molecule has 0 aliphatic rings. The smallest absolute Gasteiger partial charge is 0.328 e. The Labute approximate surface area is 349 Å². The number of amides is 1. The summed E-state index contributed by atoms with van der Waals surface area (Å²) in [6.45, 7) is 15.5. The molecular weight excluding hydrogens is 771 g/mol. The predicted molar refractivity (Wildman–Crippen MR) is 231 cm³/mol. The van der Waals surface area contributed by atoms with Crippen molar-refractivity contribution in [2.75, 3.05) is 70.5 Å². The third-order valence-electron chi connectivity index (χ3n) is 9.03. The molecule has 6 aromatic rings. The van der Waals surface area contributed by atoms with E-state index in [2.05, 4.69) is 48.7 Å². The summed E-state index contributed by atoms with van der Waals surface area (Å²) < 4.78 is 30.3. The number of fused-ring (bicyclic) bond motifs is 4. The van der Waals surface area contributed by atoms with Gasteiger partial charge in [-0.3, -0.25) is 14.2 Å².